The Hall–Kier alpha value is -1.98. The zero-order chi connectivity index (χ0) is 15.4. The fraction of sp³-hybridized carbons (Fsp3) is 0.0588. The molecule has 5 heteroatoms. The van der Waals surface area contributed by atoms with Crippen LogP contribution in [0.25, 0.3) is 10.8 Å². The lowest BCUT2D eigenvalue weighted by Gasteiger charge is -2.07. The smallest absolute Gasteiger partial charge is 0.244 e. The van der Waals surface area contributed by atoms with E-state index in [1.165, 1.54) is 0 Å². The lowest BCUT2D eigenvalue weighted by Crippen LogP contribution is -2.19. The number of fused-ring (bicyclic) bond motifs is 1. The van der Waals surface area contributed by atoms with Crippen molar-refractivity contribution >= 4 is 50.2 Å². The highest BCUT2D eigenvalue weighted by Crippen LogP contribution is 2.27. The highest BCUT2D eigenvalue weighted by Gasteiger charge is 2.08. The average molecular weight is 373 g/mol. The number of nitrogens with one attached hydrogen (secondary N) is 1. The van der Waals surface area contributed by atoms with Crippen LogP contribution in [0.5, 0.6) is 0 Å². The molecule has 3 rings (SSSR count). The molecule has 0 aliphatic rings. The van der Waals surface area contributed by atoms with Crippen molar-refractivity contribution in [2.45, 2.75) is 6.42 Å². The summed E-state index contributed by atoms with van der Waals surface area (Å²) in [5, 5.41) is 8.14. The summed E-state index contributed by atoms with van der Waals surface area (Å²) < 4.78 is 1.03. The fourth-order valence-corrected chi connectivity index (χ4v) is 3.29. The van der Waals surface area contributed by atoms with Crippen molar-refractivity contribution in [3.8, 4) is 0 Å². The number of thiophene rings is 1. The Morgan fingerprint density at radius 3 is 2.73 bits per heavy atom. The third-order valence-corrected chi connectivity index (χ3v) is 4.73. The van der Waals surface area contributed by atoms with Crippen LogP contribution in [0.3, 0.4) is 0 Å². The summed E-state index contributed by atoms with van der Waals surface area (Å²) in [4.78, 5) is 13.0. The zero-order valence-electron chi connectivity index (χ0n) is 11.6. The standard InChI is InChI=1S/C17H13BrN2OS/c18-16-8-7-12(14-5-1-2-6-15(14)16)10-17(21)20-19-11-13-4-3-9-22-13/h1-9,11H,10H2,(H,20,21)/b19-11-. The van der Waals surface area contributed by atoms with Crippen LogP contribution in [0, 0.1) is 0 Å². The number of amides is 1. The lowest BCUT2D eigenvalue weighted by atomic mass is 10.0. The Morgan fingerprint density at radius 2 is 1.95 bits per heavy atom. The number of carbonyl (C=O) groups is 1. The first kappa shape index (κ1) is 14.9. The maximum atomic E-state index is 12.0. The molecule has 2 aromatic carbocycles. The van der Waals surface area contributed by atoms with Crippen LogP contribution in [-0.4, -0.2) is 12.1 Å². The van der Waals surface area contributed by atoms with Crippen molar-refractivity contribution < 1.29 is 4.79 Å². The molecule has 1 heterocycles. The highest BCUT2D eigenvalue weighted by atomic mass is 79.9. The van der Waals surface area contributed by atoms with Gasteiger partial charge in [-0.2, -0.15) is 5.10 Å². The summed E-state index contributed by atoms with van der Waals surface area (Å²) in [6.45, 7) is 0. The van der Waals surface area contributed by atoms with Crippen molar-refractivity contribution in [2.24, 2.45) is 5.10 Å². The second-order valence-electron chi connectivity index (χ2n) is 4.74. The summed E-state index contributed by atoms with van der Waals surface area (Å²) in [5.74, 6) is -0.125. The van der Waals surface area contributed by atoms with E-state index in [2.05, 4.69) is 26.5 Å². The molecule has 0 radical (unpaired) electrons. The molecule has 110 valence electrons. The maximum Gasteiger partial charge on any atom is 0.244 e. The van der Waals surface area contributed by atoms with Crippen LogP contribution >= 0.6 is 27.3 Å². The van der Waals surface area contributed by atoms with E-state index in [0.29, 0.717) is 6.42 Å². The monoisotopic (exact) mass is 372 g/mol. The van der Waals surface area contributed by atoms with Crippen molar-refractivity contribution in [3.63, 3.8) is 0 Å². The van der Waals surface area contributed by atoms with Gasteiger partial charge in [0, 0.05) is 9.35 Å². The molecule has 0 atom stereocenters. The van der Waals surface area contributed by atoms with Crippen molar-refractivity contribution in [1.29, 1.82) is 0 Å². The Kier molecular flexibility index (Phi) is 4.65. The lowest BCUT2D eigenvalue weighted by molar-refractivity contribution is -0.120. The Bertz CT molecular complexity index is 828. The molecule has 0 bridgehead atoms. The minimum atomic E-state index is -0.125. The topological polar surface area (TPSA) is 41.5 Å². The first-order chi connectivity index (χ1) is 10.7. The molecule has 0 spiro atoms. The Balaban J connectivity index is 1.73. The van der Waals surface area contributed by atoms with Crippen LogP contribution in [0.2, 0.25) is 0 Å². The fourth-order valence-electron chi connectivity index (χ4n) is 2.22. The number of hydrogen-bond donors (Lipinski definition) is 1. The molecule has 0 saturated carbocycles. The SMILES string of the molecule is O=C(Cc1ccc(Br)c2ccccc12)N/N=C\c1cccs1. The van der Waals surface area contributed by atoms with Gasteiger partial charge in [0.05, 0.1) is 12.6 Å². The van der Waals surface area contributed by atoms with E-state index in [9.17, 15) is 4.79 Å². The summed E-state index contributed by atoms with van der Waals surface area (Å²) in [7, 11) is 0. The van der Waals surface area contributed by atoms with Crippen LogP contribution in [-0.2, 0) is 11.2 Å². The highest BCUT2D eigenvalue weighted by molar-refractivity contribution is 9.10. The number of rotatable bonds is 4. The average Bonchev–Trinajstić information content (AvgIpc) is 3.04. The van der Waals surface area contributed by atoms with Gasteiger partial charge in [0.25, 0.3) is 0 Å². The van der Waals surface area contributed by atoms with E-state index in [4.69, 9.17) is 0 Å². The van der Waals surface area contributed by atoms with E-state index < -0.39 is 0 Å². The molecule has 1 aromatic heterocycles. The summed E-state index contributed by atoms with van der Waals surface area (Å²) in [6, 6.07) is 15.9. The molecule has 0 unspecified atom stereocenters. The van der Waals surface area contributed by atoms with Gasteiger partial charge in [-0.3, -0.25) is 4.79 Å². The second-order valence-corrected chi connectivity index (χ2v) is 6.57. The summed E-state index contributed by atoms with van der Waals surface area (Å²) >= 11 is 5.11. The minimum Gasteiger partial charge on any atom is -0.273 e. The van der Waals surface area contributed by atoms with Gasteiger partial charge < -0.3 is 0 Å². The van der Waals surface area contributed by atoms with Gasteiger partial charge in [-0.1, -0.05) is 52.3 Å². The van der Waals surface area contributed by atoms with Gasteiger partial charge in [-0.15, -0.1) is 11.3 Å². The molecule has 0 saturated heterocycles. The molecule has 0 fully saturated rings. The molecular weight excluding hydrogens is 360 g/mol. The third kappa shape index (κ3) is 3.43. The number of benzene rings is 2. The van der Waals surface area contributed by atoms with Gasteiger partial charge >= 0.3 is 0 Å². The van der Waals surface area contributed by atoms with E-state index in [-0.39, 0.29) is 5.91 Å². The second kappa shape index (κ2) is 6.85. The van der Waals surface area contributed by atoms with E-state index in [1.54, 1.807) is 17.6 Å². The van der Waals surface area contributed by atoms with Gasteiger partial charge in [-0.25, -0.2) is 5.43 Å². The van der Waals surface area contributed by atoms with E-state index in [0.717, 1.165) is 25.7 Å². The summed E-state index contributed by atoms with van der Waals surface area (Å²) in [5.41, 5.74) is 3.56. The van der Waals surface area contributed by atoms with Crippen LogP contribution in [0.15, 0.2) is 63.5 Å². The number of hydrogen-bond acceptors (Lipinski definition) is 3. The molecule has 0 aliphatic heterocycles. The number of halogens is 1. The number of carbonyl (C=O) groups excluding carboxylic acids is 1. The number of hydrazone groups is 1. The minimum absolute atomic E-state index is 0.125. The molecule has 1 amide bonds. The van der Waals surface area contributed by atoms with E-state index >= 15 is 0 Å². The maximum absolute atomic E-state index is 12.0. The largest absolute Gasteiger partial charge is 0.273 e. The molecular formula is C17H13BrN2OS. The first-order valence-electron chi connectivity index (χ1n) is 6.75. The Labute approximate surface area is 140 Å². The van der Waals surface area contributed by atoms with Gasteiger partial charge in [0.1, 0.15) is 0 Å². The first-order valence-corrected chi connectivity index (χ1v) is 8.43. The molecule has 3 nitrogen and oxygen atoms in total. The van der Waals surface area contributed by atoms with Crippen molar-refractivity contribution in [2.75, 3.05) is 0 Å². The van der Waals surface area contributed by atoms with E-state index in [1.807, 2.05) is 53.9 Å². The normalized spacial score (nSPS) is 11.1. The quantitative estimate of drug-likeness (QED) is 0.536. The Morgan fingerprint density at radius 1 is 1.14 bits per heavy atom. The van der Waals surface area contributed by atoms with Crippen molar-refractivity contribution in [1.82, 2.24) is 5.43 Å². The molecule has 22 heavy (non-hydrogen) atoms. The predicted octanol–water partition coefficient (Wildman–Crippen LogP) is 4.36. The van der Waals surface area contributed by atoms with Crippen LogP contribution < -0.4 is 5.43 Å². The van der Waals surface area contributed by atoms with Crippen LogP contribution in [0.1, 0.15) is 10.4 Å². The van der Waals surface area contributed by atoms with Crippen LogP contribution in [0.4, 0.5) is 0 Å². The van der Waals surface area contributed by atoms with Gasteiger partial charge in [0.15, 0.2) is 0 Å². The van der Waals surface area contributed by atoms with Gasteiger partial charge in [-0.05, 0) is 33.8 Å². The zero-order valence-corrected chi connectivity index (χ0v) is 14.0. The molecule has 3 aromatic rings. The number of nitrogens with zero attached hydrogens (tertiary/aromatic N) is 1. The predicted molar refractivity (Wildman–Crippen MR) is 95.4 cm³/mol. The summed E-state index contributed by atoms with van der Waals surface area (Å²) in [6.07, 6.45) is 1.96. The molecule has 0 aliphatic carbocycles. The third-order valence-electron chi connectivity index (χ3n) is 3.24. The van der Waals surface area contributed by atoms with Crippen molar-refractivity contribution in [3.05, 3.63) is 68.8 Å². The molecule has 1 N–H and O–H groups in total. The van der Waals surface area contributed by atoms with Gasteiger partial charge in [0.2, 0.25) is 5.91 Å².